The van der Waals surface area contributed by atoms with Gasteiger partial charge in [-0.15, -0.1) is 0 Å². The van der Waals surface area contributed by atoms with Crippen LogP contribution in [0.4, 0.5) is 0 Å². The molecule has 2 fully saturated rings. The summed E-state index contributed by atoms with van der Waals surface area (Å²) < 4.78 is 0. The first-order chi connectivity index (χ1) is 8.31. The van der Waals surface area contributed by atoms with Gasteiger partial charge in [-0.1, -0.05) is 26.0 Å². The third kappa shape index (κ3) is 3.58. The minimum atomic E-state index is 0.936. The molecule has 2 heterocycles. The lowest BCUT2D eigenvalue weighted by atomic mass is 9.82. The summed E-state index contributed by atoms with van der Waals surface area (Å²) in [5, 5.41) is 0. The Morgan fingerprint density at radius 2 is 2.18 bits per heavy atom. The van der Waals surface area contributed by atoms with Crippen molar-refractivity contribution in [1.29, 1.82) is 0 Å². The minimum Gasteiger partial charge on any atom is -0.300 e. The first kappa shape index (κ1) is 13.1. The van der Waals surface area contributed by atoms with Gasteiger partial charge < -0.3 is 0 Å². The summed E-state index contributed by atoms with van der Waals surface area (Å²) in [6, 6.07) is 0.936. The predicted octanol–water partition coefficient (Wildman–Crippen LogP) is 4.24. The summed E-state index contributed by atoms with van der Waals surface area (Å²) in [6.07, 6.45) is 14.4. The van der Waals surface area contributed by atoms with Crippen molar-refractivity contribution < 1.29 is 0 Å². The van der Waals surface area contributed by atoms with E-state index in [9.17, 15) is 0 Å². The Hall–Kier alpha value is -0.300. The fourth-order valence-corrected chi connectivity index (χ4v) is 3.83. The van der Waals surface area contributed by atoms with Gasteiger partial charge in [-0.25, -0.2) is 0 Å². The van der Waals surface area contributed by atoms with Gasteiger partial charge in [0, 0.05) is 12.6 Å². The molecule has 0 saturated carbocycles. The molecule has 2 aliphatic rings. The van der Waals surface area contributed by atoms with Gasteiger partial charge in [0.2, 0.25) is 0 Å². The van der Waals surface area contributed by atoms with Crippen LogP contribution in [0.3, 0.4) is 0 Å². The Bertz CT molecular complexity index is 246. The zero-order valence-electron chi connectivity index (χ0n) is 11.7. The highest BCUT2D eigenvalue weighted by Crippen LogP contribution is 2.35. The van der Waals surface area contributed by atoms with Crippen molar-refractivity contribution in [2.24, 2.45) is 11.8 Å². The molecule has 1 heteroatoms. The monoisotopic (exact) mass is 235 g/mol. The number of hydrogen-bond acceptors (Lipinski definition) is 1. The van der Waals surface area contributed by atoms with Gasteiger partial charge in [-0.2, -0.15) is 0 Å². The van der Waals surface area contributed by atoms with Crippen molar-refractivity contribution in [3.05, 3.63) is 12.2 Å². The maximum absolute atomic E-state index is 2.78. The van der Waals surface area contributed by atoms with E-state index in [1.807, 2.05) is 0 Å². The third-order valence-corrected chi connectivity index (χ3v) is 4.65. The molecule has 0 aliphatic carbocycles. The number of unbranched alkanes of at least 4 members (excludes halogenated alkanes) is 1. The van der Waals surface area contributed by atoms with Gasteiger partial charge in [0.15, 0.2) is 0 Å². The minimum absolute atomic E-state index is 0.936. The maximum atomic E-state index is 2.78. The Morgan fingerprint density at radius 3 is 3.00 bits per heavy atom. The largest absolute Gasteiger partial charge is 0.300 e. The topological polar surface area (TPSA) is 3.24 Å². The van der Waals surface area contributed by atoms with Crippen LogP contribution < -0.4 is 0 Å². The van der Waals surface area contributed by atoms with Crippen LogP contribution in [0.2, 0.25) is 0 Å². The summed E-state index contributed by atoms with van der Waals surface area (Å²) in [7, 11) is 0. The molecular weight excluding hydrogens is 206 g/mol. The van der Waals surface area contributed by atoms with Crippen molar-refractivity contribution >= 4 is 0 Å². The molecule has 2 rings (SSSR count). The summed E-state index contributed by atoms with van der Waals surface area (Å²) in [5.74, 6) is 1.93. The highest BCUT2D eigenvalue weighted by atomic mass is 15.2. The van der Waals surface area contributed by atoms with Crippen LogP contribution in [0.25, 0.3) is 0 Å². The molecule has 0 N–H and O–H groups in total. The van der Waals surface area contributed by atoms with E-state index in [-0.39, 0.29) is 0 Å². The van der Waals surface area contributed by atoms with Crippen molar-refractivity contribution in [3.63, 3.8) is 0 Å². The smallest absolute Gasteiger partial charge is 0.0122 e. The molecule has 2 saturated heterocycles. The normalized spacial score (nSPS) is 34.4. The molecule has 0 aromatic rings. The number of fused-ring (bicyclic) bond motifs is 1. The van der Waals surface area contributed by atoms with E-state index >= 15 is 0 Å². The molecule has 17 heavy (non-hydrogen) atoms. The summed E-state index contributed by atoms with van der Waals surface area (Å²) in [4.78, 5) is 2.78. The molecule has 0 aromatic heterocycles. The Labute approximate surface area is 107 Å². The van der Waals surface area contributed by atoms with Gasteiger partial charge in [0.05, 0.1) is 0 Å². The Balaban J connectivity index is 1.69. The molecule has 3 atom stereocenters. The zero-order chi connectivity index (χ0) is 12.1. The highest BCUT2D eigenvalue weighted by molar-refractivity contribution is 4.90. The van der Waals surface area contributed by atoms with Crippen LogP contribution in [0.5, 0.6) is 0 Å². The van der Waals surface area contributed by atoms with E-state index in [2.05, 4.69) is 30.9 Å². The average Bonchev–Trinajstić information content (AvgIpc) is 2.77. The number of piperidine rings is 1. The van der Waals surface area contributed by atoms with Crippen LogP contribution in [-0.4, -0.2) is 24.0 Å². The van der Waals surface area contributed by atoms with Crippen molar-refractivity contribution in [1.82, 2.24) is 4.90 Å². The van der Waals surface area contributed by atoms with E-state index in [0.717, 1.165) is 17.9 Å². The molecule has 1 nitrogen and oxygen atoms in total. The molecule has 0 radical (unpaired) electrons. The quantitative estimate of drug-likeness (QED) is 0.509. The highest BCUT2D eigenvalue weighted by Gasteiger charge is 2.35. The van der Waals surface area contributed by atoms with E-state index in [4.69, 9.17) is 0 Å². The zero-order valence-corrected chi connectivity index (χ0v) is 11.7. The second-order valence-electron chi connectivity index (χ2n) is 6.09. The summed E-state index contributed by atoms with van der Waals surface area (Å²) in [6.45, 7) is 7.46. The molecule has 0 amide bonds. The Morgan fingerprint density at radius 1 is 1.29 bits per heavy atom. The van der Waals surface area contributed by atoms with Crippen molar-refractivity contribution in [2.75, 3.05) is 13.1 Å². The SMILES string of the molecule is CC/C=C\CCC[C@@H]1C[C@@H](C)[C@@H]2CCCN2C1. The van der Waals surface area contributed by atoms with Gasteiger partial charge >= 0.3 is 0 Å². The van der Waals surface area contributed by atoms with Crippen LogP contribution in [0, 0.1) is 11.8 Å². The maximum Gasteiger partial charge on any atom is 0.0122 e. The first-order valence-corrected chi connectivity index (χ1v) is 7.70. The van der Waals surface area contributed by atoms with Crippen molar-refractivity contribution in [3.8, 4) is 0 Å². The number of nitrogens with zero attached hydrogens (tertiary/aromatic N) is 1. The lowest BCUT2D eigenvalue weighted by molar-refractivity contribution is 0.0931. The molecule has 0 bridgehead atoms. The number of rotatable bonds is 5. The van der Waals surface area contributed by atoms with Gasteiger partial charge in [-0.05, 0) is 63.3 Å². The van der Waals surface area contributed by atoms with Gasteiger partial charge in [0.1, 0.15) is 0 Å². The second kappa shape index (κ2) is 6.58. The fraction of sp³-hybridized carbons (Fsp3) is 0.875. The van der Waals surface area contributed by atoms with E-state index in [1.54, 1.807) is 0 Å². The summed E-state index contributed by atoms with van der Waals surface area (Å²) in [5.41, 5.74) is 0. The lowest BCUT2D eigenvalue weighted by Gasteiger charge is -2.39. The van der Waals surface area contributed by atoms with Crippen LogP contribution >= 0.6 is 0 Å². The molecular formula is C16H29N. The van der Waals surface area contributed by atoms with Crippen LogP contribution in [-0.2, 0) is 0 Å². The fourth-order valence-electron chi connectivity index (χ4n) is 3.83. The molecule has 98 valence electrons. The van der Waals surface area contributed by atoms with E-state index in [1.165, 1.54) is 58.0 Å². The molecule has 2 aliphatic heterocycles. The van der Waals surface area contributed by atoms with Crippen molar-refractivity contribution in [2.45, 2.75) is 64.8 Å². The predicted molar refractivity (Wildman–Crippen MR) is 75.1 cm³/mol. The average molecular weight is 235 g/mol. The molecule has 0 unspecified atom stereocenters. The lowest BCUT2D eigenvalue weighted by Crippen LogP contribution is -2.43. The second-order valence-corrected chi connectivity index (χ2v) is 6.09. The van der Waals surface area contributed by atoms with Gasteiger partial charge in [0.25, 0.3) is 0 Å². The number of hydrogen-bond donors (Lipinski definition) is 0. The Kier molecular flexibility index (Phi) is 5.09. The summed E-state index contributed by atoms with van der Waals surface area (Å²) >= 11 is 0. The molecule has 0 aromatic carbocycles. The van der Waals surface area contributed by atoms with Crippen LogP contribution in [0.1, 0.15) is 58.8 Å². The first-order valence-electron chi connectivity index (χ1n) is 7.70. The molecule has 0 spiro atoms. The number of allylic oxidation sites excluding steroid dienone is 2. The third-order valence-electron chi connectivity index (χ3n) is 4.65. The van der Waals surface area contributed by atoms with E-state index < -0.39 is 0 Å². The van der Waals surface area contributed by atoms with Crippen LogP contribution in [0.15, 0.2) is 12.2 Å². The van der Waals surface area contributed by atoms with E-state index in [0.29, 0.717) is 0 Å². The van der Waals surface area contributed by atoms with Gasteiger partial charge in [-0.3, -0.25) is 4.90 Å². The standard InChI is InChI=1S/C16H29N/c1-3-4-5-6-7-9-15-12-14(2)16-10-8-11-17(16)13-15/h4-5,14-16H,3,6-13H2,1-2H3/b5-4-/t14-,15-,16+/m1/s1.